The Labute approximate surface area is 170 Å². The summed E-state index contributed by atoms with van der Waals surface area (Å²) in [5, 5.41) is 6.87. The molecule has 4 rings (SSSR count). The number of pyridine rings is 1. The Bertz CT molecular complexity index is 829. The van der Waals surface area contributed by atoms with Gasteiger partial charge in [0, 0.05) is 49.4 Å². The predicted molar refractivity (Wildman–Crippen MR) is 111 cm³/mol. The van der Waals surface area contributed by atoms with Crippen LogP contribution < -0.4 is 15.5 Å². The summed E-state index contributed by atoms with van der Waals surface area (Å²) in [5.74, 6) is 0.657. The first kappa shape index (κ1) is 19.6. The van der Waals surface area contributed by atoms with E-state index in [4.69, 9.17) is 0 Å². The second kappa shape index (κ2) is 8.76. The van der Waals surface area contributed by atoms with E-state index in [2.05, 4.69) is 25.5 Å². The maximum atomic E-state index is 14.0. The van der Waals surface area contributed by atoms with Gasteiger partial charge in [0.15, 0.2) is 5.96 Å². The molecule has 0 spiro atoms. The van der Waals surface area contributed by atoms with Crippen LogP contribution in [-0.4, -0.2) is 42.7 Å². The van der Waals surface area contributed by atoms with Crippen molar-refractivity contribution in [2.24, 2.45) is 4.99 Å². The van der Waals surface area contributed by atoms with E-state index in [0.717, 1.165) is 37.7 Å². The molecule has 154 valence electrons. The molecular formula is C22H27F2N5. The van der Waals surface area contributed by atoms with Crippen molar-refractivity contribution in [2.75, 3.05) is 24.5 Å². The van der Waals surface area contributed by atoms with Crippen LogP contribution in [0.2, 0.25) is 0 Å². The minimum Gasteiger partial charge on any atom is -0.356 e. The standard InChI is InChI=1S/C22H27F2N5/c1-2-25-22(28-19-14-16(19)21-17(23)6-5-7-18(21)24)27-15-9-12-29(13-10-15)20-8-3-4-11-26-20/h3-8,11,15-16,19H,2,9-10,12-14H2,1H3,(H2,25,27,28). The first-order valence-corrected chi connectivity index (χ1v) is 10.3. The van der Waals surface area contributed by atoms with Gasteiger partial charge in [0.25, 0.3) is 0 Å². The van der Waals surface area contributed by atoms with Gasteiger partial charge in [-0.3, -0.25) is 4.99 Å². The molecular weight excluding hydrogens is 372 g/mol. The molecule has 2 heterocycles. The molecule has 2 aliphatic rings. The summed E-state index contributed by atoms with van der Waals surface area (Å²) in [5.41, 5.74) is 0.185. The number of aliphatic imine (C=N–C) groups is 1. The summed E-state index contributed by atoms with van der Waals surface area (Å²) in [6.07, 6.45) is 4.49. The second-order valence-electron chi connectivity index (χ2n) is 7.64. The van der Waals surface area contributed by atoms with E-state index in [1.54, 1.807) is 0 Å². The first-order valence-electron chi connectivity index (χ1n) is 10.3. The van der Waals surface area contributed by atoms with E-state index in [1.807, 2.05) is 31.3 Å². The number of piperidine rings is 1. The maximum Gasteiger partial charge on any atom is 0.191 e. The molecule has 2 N–H and O–H groups in total. The molecule has 1 aliphatic carbocycles. The van der Waals surface area contributed by atoms with Gasteiger partial charge >= 0.3 is 0 Å². The van der Waals surface area contributed by atoms with Gasteiger partial charge < -0.3 is 15.5 Å². The van der Waals surface area contributed by atoms with Crippen molar-refractivity contribution < 1.29 is 8.78 Å². The van der Waals surface area contributed by atoms with Crippen LogP contribution in [0.3, 0.4) is 0 Å². The quantitative estimate of drug-likeness (QED) is 0.597. The van der Waals surface area contributed by atoms with Crippen LogP contribution in [0.1, 0.15) is 37.7 Å². The van der Waals surface area contributed by atoms with Crippen molar-refractivity contribution in [1.82, 2.24) is 15.6 Å². The number of anilines is 1. The maximum absolute atomic E-state index is 14.0. The predicted octanol–water partition coefficient (Wildman–Crippen LogP) is 3.44. The van der Waals surface area contributed by atoms with Crippen molar-refractivity contribution in [2.45, 2.75) is 44.2 Å². The van der Waals surface area contributed by atoms with Crippen LogP contribution in [0.15, 0.2) is 47.6 Å². The lowest BCUT2D eigenvalue weighted by molar-refractivity contribution is 0.459. The van der Waals surface area contributed by atoms with Crippen molar-refractivity contribution >= 4 is 11.8 Å². The fraction of sp³-hybridized carbons (Fsp3) is 0.455. The molecule has 0 bridgehead atoms. The third-order valence-electron chi connectivity index (χ3n) is 5.61. The normalized spacial score (nSPS) is 22.4. The number of halogens is 2. The summed E-state index contributed by atoms with van der Waals surface area (Å²) < 4.78 is 28.1. The molecule has 2 fully saturated rings. The fourth-order valence-corrected chi connectivity index (χ4v) is 3.99. The molecule has 2 atom stereocenters. The molecule has 0 amide bonds. The smallest absolute Gasteiger partial charge is 0.191 e. The van der Waals surface area contributed by atoms with Crippen LogP contribution in [0, 0.1) is 11.6 Å². The van der Waals surface area contributed by atoms with Gasteiger partial charge in [0.1, 0.15) is 17.5 Å². The molecule has 1 aromatic carbocycles. The molecule has 1 aromatic heterocycles. The van der Waals surface area contributed by atoms with Gasteiger partial charge in [0.2, 0.25) is 0 Å². The van der Waals surface area contributed by atoms with Crippen LogP contribution in [-0.2, 0) is 0 Å². The third kappa shape index (κ3) is 4.66. The molecule has 2 aromatic rings. The van der Waals surface area contributed by atoms with Crippen LogP contribution in [0.4, 0.5) is 14.6 Å². The molecule has 1 aliphatic heterocycles. The summed E-state index contributed by atoms with van der Waals surface area (Å²) in [6, 6.07) is 10.3. The van der Waals surface area contributed by atoms with E-state index in [9.17, 15) is 8.78 Å². The van der Waals surface area contributed by atoms with E-state index in [0.29, 0.717) is 19.0 Å². The lowest BCUT2D eigenvalue weighted by Gasteiger charge is -2.33. The van der Waals surface area contributed by atoms with E-state index >= 15 is 0 Å². The number of nitrogens with zero attached hydrogens (tertiary/aromatic N) is 3. The minimum atomic E-state index is -0.469. The van der Waals surface area contributed by atoms with Gasteiger partial charge in [-0.05, 0) is 50.5 Å². The number of nitrogens with one attached hydrogen (secondary N) is 2. The van der Waals surface area contributed by atoms with E-state index in [1.165, 1.54) is 18.2 Å². The summed E-state index contributed by atoms with van der Waals surface area (Å²) in [7, 11) is 0. The molecule has 2 unspecified atom stereocenters. The molecule has 1 saturated carbocycles. The Morgan fingerprint density at radius 1 is 1.10 bits per heavy atom. The average Bonchev–Trinajstić information content (AvgIpc) is 3.48. The van der Waals surface area contributed by atoms with Crippen LogP contribution in [0.5, 0.6) is 0 Å². The van der Waals surface area contributed by atoms with Crippen molar-refractivity contribution in [3.63, 3.8) is 0 Å². The Morgan fingerprint density at radius 3 is 2.52 bits per heavy atom. The van der Waals surface area contributed by atoms with E-state index in [-0.39, 0.29) is 17.5 Å². The zero-order valence-corrected chi connectivity index (χ0v) is 16.6. The van der Waals surface area contributed by atoms with Gasteiger partial charge in [-0.25, -0.2) is 13.8 Å². The molecule has 7 heteroatoms. The zero-order chi connectivity index (χ0) is 20.2. The van der Waals surface area contributed by atoms with E-state index < -0.39 is 11.6 Å². The number of hydrogen-bond acceptors (Lipinski definition) is 3. The van der Waals surface area contributed by atoms with Gasteiger partial charge in [-0.1, -0.05) is 12.1 Å². The highest BCUT2D eigenvalue weighted by molar-refractivity contribution is 5.81. The number of benzene rings is 1. The molecule has 5 nitrogen and oxygen atoms in total. The summed E-state index contributed by atoms with van der Waals surface area (Å²) >= 11 is 0. The van der Waals surface area contributed by atoms with Gasteiger partial charge in [-0.15, -0.1) is 0 Å². The minimum absolute atomic E-state index is 0.00723. The highest BCUT2D eigenvalue weighted by Crippen LogP contribution is 2.43. The first-order chi connectivity index (χ1) is 14.2. The van der Waals surface area contributed by atoms with Crippen molar-refractivity contribution in [1.29, 1.82) is 0 Å². The Balaban J connectivity index is 1.31. The lowest BCUT2D eigenvalue weighted by atomic mass is 10.1. The number of rotatable bonds is 5. The summed E-state index contributed by atoms with van der Waals surface area (Å²) in [6.45, 7) is 4.49. The monoisotopic (exact) mass is 399 g/mol. The molecule has 29 heavy (non-hydrogen) atoms. The van der Waals surface area contributed by atoms with Crippen molar-refractivity contribution in [3.05, 3.63) is 59.8 Å². The number of guanidine groups is 1. The average molecular weight is 399 g/mol. The fourth-order valence-electron chi connectivity index (χ4n) is 3.99. The highest BCUT2D eigenvalue weighted by Gasteiger charge is 2.42. The number of hydrogen-bond donors (Lipinski definition) is 2. The van der Waals surface area contributed by atoms with Crippen LogP contribution >= 0.6 is 0 Å². The highest BCUT2D eigenvalue weighted by atomic mass is 19.1. The topological polar surface area (TPSA) is 52.6 Å². The Hall–Kier alpha value is -2.70. The Morgan fingerprint density at radius 2 is 1.86 bits per heavy atom. The molecule has 0 radical (unpaired) electrons. The Kier molecular flexibility index (Phi) is 5.92. The number of aromatic nitrogens is 1. The van der Waals surface area contributed by atoms with Crippen LogP contribution in [0.25, 0.3) is 0 Å². The third-order valence-corrected chi connectivity index (χ3v) is 5.61. The zero-order valence-electron chi connectivity index (χ0n) is 16.6. The van der Waals surface area contributed by atoms with Crippen molar-refractivity contribution in [3.8, 4) is 0 Å². The largest absolute Gasteiger partial charge is 0.356 e. The lowest BCUT2D eigenvalue weighted by Crippen LogP contribution is -2.49. The molecule has 1 saturated heterocycles. The van der Waals surface area contributed by atoms with Gasteiger partial charge in [0.05, 0.1) is 0 Å². The second-order valence-corrected chi connectivity index (χ2v) is 7.64. The van der Waals surface area contributed by atoms with Gasteiger partial charge in [-0.2, -0.15) is 0 Å². The summed E-state index contributed by atoms with van der Waals surface area (Å²) in [4.78, 5) is 11.2. The SMILES string of the molecule is CCN=C(NC1CCN(c2ccccn2)CC1)NC1CC1c1c(F)cccc1F.